The summed E-state index contributed by atoms with van der Waals surface area (Å²) in [6, 6.07) is 49.8. The average Bonchev–Trinajstić information content (AvgIpc) is 4.03. The fourth-order valence-electron chi connectivity index (χ4n) is 10.2. The van der Waals surface area contributed by atoms with Gasteiger partial charge in [-0.2, -0.15) is 9.97 Å². The zero-order chi connectivity index (χ0) is 36.0. The van der Waals surface area contributed by atoms with Gasteiger partial charge in [-0.25, -0.2) is 4.98 Å². The summed E-state index contributed by atoms with van der Waals surface area (Å²) in [7, 11) is 0. The Morgan fingerprint density at radius 1 is 0.446 bits per heavy atom. The molecule has 0 saturated carbocycles. The van der Waals surface area contributed by atoms with Crippen molar-refractivity contribution in [2.75, 3.05) is 0 Å². The maximum absolute atomic E-state index is 6.52. The zero-order valence-electron chi connectivity index (χ0n) is 29.3. The second kappa shape index (κ2) is 9.47. The predicted octanol–water partition coefficient (Wildman–Crippen LogP) is 13.2. The van der Waals surface area contributed by atoms with Crippen molar-refractivity contribution in [3.8, 4) is 28.7 Å². The van der Waals surface area contributed by atoms with Gasteiger partial charge in [0, 0.05) is 74.4 Å². The summed E-state index contributed by atoms with van der Waals surface area (Å²) < 4.78 is 14.0. The summed E-state index contributed by atoms with van der Waals surface area (Å²) in [6.07, 6.45) is 0. The number of rotatable bonds is 3. The molecule has 8 aromatic carbocycles. The van der Waals surface area contributed by atoms with E-state index in [4.69, 9.17) is 19.4 Å². The third kappa shape index (κ3) is 3.19. The summed E-state index contributed by atoms with van der Waals surface area (Å²) >= 11 is 1.88. The van der Waals surface area contributed by atoms with E-state index in [-0.39, 0.29) is 0 Å². The molecule has 7 heterocycles. The Bertz CT molecular complexity index is 4110. The van der Waals surface area contributed by atoms with Gasteiger partial charge in [-0.1, -0.05) is 97.1 Å². The van der Waals surface area contributed by atoms with Crippen LogP contribution in [0.15, 0.2) is 144 Å². The molecule has 7 aromatic heterocycles. The highest BCUT2D eigenvalue weighted by Gasteiger charge is 2.30. The van der Waals surface area contributed by atoms with Gasteiger partial charge in [0.1, 0.15) is 11.2 Å². The van der Waals surface area contributed by atoms with Crippen molar-refractivity contribution in [2.45, 2.75) is 0 Å². The molecule has 15 aromatic rings. The van der Waals surface area contributed by atoms with Crippen LogP contribution >= 0.6 is 11.3 Å². The van der Waals surface area contributed by atoms with E-state index in [0.717, 1.165) is 54.9 Å². The molecule has 15 rings (SSSR count). The number of thiophene rings is 1. The van der Waals surface area contributed by atoms with Crippen molar-refractivity contribution >= 4 is 124 Å². The van der Waals surface area contributed by atoms with Gasteiger partial charge in [0.05, 0.1) is 27.6 Å². The molecule has 0 fully saturated rings. The summed E-state index contributed by atoms with van der Waals surface area (Å²) in [6.45, 7) is 0. The van der Waals surface area contributed by atoms with Gasteiger partial charge < -0.3 is 8.82 Å². The van der Waals surface area contributed by atoms with Crippen molar-refractivity contribution < 1.29 is 4.42 Å². The van der Waals surface area contributed by atoms with Crippen molar-refractivity contribution in [1.29, 1.82) is 0 Å². The minimum atomic E-state index is 0.585. The van der Waals surface area contributed by atoms with E-state index in [0.29, 0.717) is 17.6 Å². The lowest BCUT2D eigenvalue weighted by Crippen LogP contribution is -2.06. The molecule has 6 nitrogen and oxygen atoms in total. The molecule has 0 aliphatic rings. The van der Waals surface area contributed by atoms with Crippen LogP contribution in [0.1, 0.15) is 0 Å². The smallest absolute Gasteiger partial charge is 0.238 e. The van der Waals surface area contributed by atoms with E-state index < -0.39 is 0 Å². The normalized spacial score (nSPS) is 13.0. The number of aromatic nitrogens is 5. The lowest BCUT2D eigenvalue weighted by molar-refractivity contribution is 0.669. The largest absolute Gasteiger partial charge is 0.456 e. The van der Waals surface area contributed by atoms with E-state index in [1.54, 1.807) is 0 Å². The molecule has 56 heavy (non-hydrogen) atoms. The predicted molar refractivity (Wildman–Crippen MR) is 231 cm³/mol. The molecule has 0 amide bonds. The number of furan rings is 1. The lowest BCUT2D eigenvalue weighted by Gasteiger charge is -2.12. The molecule has 0 atom stereocenters. The monoisotopic (exact) mass is 729 g/mol. The Morgan fingerprint density at radius 2 is 1.12 bits per heavy atom. The van der Waals surface area contributed by atoms with Crippen LogP contribution in [0.2, 0.25) is 0 Å². The lowest BCUT2D eigenvalue weighted by atomic mass is 10.0. The first-order valence-electron chi connectivity index (χ1n) is 18.9. The van der Waals surface area contributed by atoms with Gasteiger partial charge in [0.2, 0.25) is 5.95 Å². The molecular formula is C49H23N5OS. The van der Waals surface area contributed by atoms with Crippen LogP contribution in [-0.2, 0) is 0 Å². The van der Waals surface area contributed by atoms with Crippen molar-refractivity contribution in [3.63, 3.8) is 0 Å². The number of para-hydroxylation sites is 1. The summed E-state index contributed by atoms with van der Waals surface area (Å²) in [5.74, 6) is 1.81. The Labute approximate surface area is 319 Å². The Balaban J connectivity index is 1.11. The molecule has 0 aliphatic heterocycles. The minimum absolute atomic E-state index is 0.585. The highest BCUT2D eigenvalue weighted by Crippen LogP contribution is 2.53. The Kier molecular flexibility index (Phi) is 4.76. The van der Waals surface area contributed by atoms with Gasteiger partial charge in [0.25, 0.3) is 0 Å². The van der Waals surface area contributed by atoms with Gasteiger partial charge in [-0.15, -0.1) is 11.3 Å². The van der Waals surface area contributed by atoms with Crippen LogP contribution in [0.4, 0.5) is 0 Å². The number of fused-ring (bicyclic) bond motifs is 6. The van der Waals surface area contributed by atoms with E-state index in [1.165, 1.54) is 69.0 Å². The summed E-state index contributed by atoms with van der Waals surface area (Å²) in [4.78, 5) is 16.0. The highest BCUT2D eigenvalue weighted by molar-refractivity contribution is 7.26. The van der Waals surface area contributed by atoms with Crippen molar-refractivity contribution in [2.24, 2.45) is 0 Å². The van der Waals surface area contributed by atoms with E-state index in [1.807, 2.05) is 41.7 Å². The van der Waals surface area contributed by atoms with Gasteiger partial charge in [-0.05, 0) is 53.2 Å². The van der Waals surface area contributed by atoms with Crippen LogP contribution in [0, 0.1) is 0 Å². The zero-order valence-corrected chi connectivity index (χ0v) is 30.1. The topological polar surface area (TPSA) is 61.2 Å². The van der Waals surface area contributed by atoms with Crippen LogP contribution in [-0.4, -0.2) is 23.9 Å². The average molecular weight is 730 g/mol. The number of benzene rings is 8. The van der Waals surface area contributed by atoms with Crippen molar-refractivity contribution in [3.05, 3.63) is 140 Å². The molecule has 0 spiro atoms. The Hall–Kier alpha value is -7.35. The quantitative estimate of drug-likeness (QED) is 0.182. The standard InChI is InChI=1S/C49H23N5OS/c1-2-8-24(9-3-1)47-50-48(31-14-7-15-35-39(31)32-22-25-10-4-5-11-26(25)23-36(32)55-35)52-49(51-47)53-33-19-21-37-42-40(33)41-34(53)18-16-29-27-12-6-13-28-30-17-20-38(56-37)43(42)46(30)54(44(27)28)45(29)41/h1-23H. The van der Waals surface area contributed by atoms with Gasteiger partial charge in [0.15, 0.2) is 11.6 Å². The highest BCUT2D eigenvalue weighted by atomic mass is 32.1. The van der Waals surface area contributed by atoms with Crippen LogP contribution in [0.3, 0.4) is 0 Å². The van der Waals surface area contributed by atoms with Crippen LogP contribution in [0.5, 0.6) is 0 Å². The first kappa shape index (κ1) is 28.1. The number of hydrogen-bond acceptors (Lipinski definition) is 5. The van der Waals surface area contributed by atoms with Crippen LogP contribution < -0.4 is 0 Å². The first-order chi connectivity index (χ1) is 27.8. The van der Waals surface area contributed by atoms with Crippen molar-refractivity contribution in [1.82, 2.24) is 23.9 Å². The second-order valence-electron chi connectivity index (χ2n) is 15.1. The molecule has 0 bridgehead atoms. The maximum Gasteiger partial charge on any atom is 0.238 e. The molecule has 0 unspecified atom stereocenters. The summed E-state index contributed by atoms with van der Waals surface area (Å²) in [5, 5.41) is 14.7. The molecule has 7 heteroatoms. The molecular weight excluding hydrogens is 707 g/mol. The van der Waals surface area contributed by atoms with Gasteiger partial charge in [-0.3, -0.25) is 4.57 Å². The Morgan fingerprint density at radius 3 is 2.00 bits per heavy atom. The van der Waals surface area contributed by atoms with E-state index in [9.17, 15) is 0 Å². The third-order valence-electron chi connectivity index (χ3n) is 12.4. The fraction of sp³-hybridized carbons (Fsp3) is 0. The molecule has 256 valence electrons. The van der Waals surface area contributed by atoms with Gasteiger partial charge >= 0.3 is 0 Å². The maximum atomic E-state index is 6.52. The molecule has 0 N–H and O–H groups in total. The van der Waals surface area contributed by atoms with E-state index in [2.05, 4.69) is 118 Å². The SMILES string of the molecule is c1ccc(-c2nc(-c3cccc4oc5cc6ccccc6cc5c34)nc(-n3c4ccc5sc6ccc7c8cccc9c%10ccc3c3c4c5c6c7n(c89)c%103)n2)cc1. The first-order valence-corrected chi connectivity index (χ1v) is 19.7. The molecule has 0 radical (unpaired) electrons. The third-order valence-corrected chi connectivity index (χ3v) is 13.5. The molecule has 0 aliphatic carbocycles. The second-order valence-corrected chi connectivity index (χ2v) is 16.2. The summed E-state index contributed by atoms with van der Waals surface area (Å²) in [5.41, 5.74) is 9.52. The number of hydrogen-bond donors (Lipinski definition) is 0. The minimum Gasteiger partial charge on any atom is -0.456 e. The fourth-order valence-corrected chi connectivity index (χ4v) is 11.3. The molecule has 0 saturated heterocycles. The van der Waals surface area contributed by atoms with Crippen LogP contribution in [0.25, 0.3) is 142 Å². The van der Waals surface area contributed by atoms with E-state index >= 15 is 0 Å². The number of nitrogens with zero attached hydrogens (tertiary/aromatic N) is 5.